The number of ether oxygens (including phenoxy) is 1. The van der Waals surface area contributed by atoms with E-state index in [4.69, 9.17) is 16.3 Å². The van der Waals surface area contributed by atoms with Crippen molar-refractivity contribution in [1.82, 2.24) is 9.47 Å². The number of aromatic nitrogens is 1. The van der Waals surface area contributed by atoms with E-state index in [2.05, 4.69) is 10.6 Å². The van der Waals surface area contributed by atoms with E-state index in [0.717, 1.165) is 51.7 Å². The summed E-state index contributed by atoms with van der Waals surface area (Å²) in [4.78, 5) is 26.7. The Morgan fingerprint density at radius 2 is 1.49 bits per heavy atom. The zero-order valence-corrected chi connectivity index (χ0v) is 27.9. The van der Waals surface area contributed by atoms with Crippen molar-refractivity contribution in [1.29, 1.82) is 0 Å². The first-order valence-electron chi connectivity index (χ1n) is 16.9. The van der Waals surface area contributed by atoms with E-state index in [1.165, 1.54) is 19.3 Å². The lowest BCUT2D eigenvalue weighted by Gasteiger charge is -2.33. The minimum absolute atomic E-state index is 0.0809. The van der Waals surface area contributed by atoms with E-state index >= 15 is 0 Å². The van der Waals surface area contributed by atoms with E-state index in [-0.39, 0.29) is 24.6 Å². The summed E-state index contributed by atoms with van der Waals surface area (Å²) in [7, 11) is 0. The summed E-state index contributed by atoms with van der Waals surface area (Å²) in [6, 6.07) is 28.8. The van der Waals surface area contributed by atoms with Crippen LogP contribution in [-0.4, -0.2) is 62.0 Å². The van der Waals surface area contributed by atoms with Gasteiger partial charge in [-0.1, -0.05) is 49.1 Å². The molecule has 1 aromatic heterocycles. The van der Waals surface area contributed by atoms with Crippen LogP contribution in [-0.2, 0) is 6.61 Å². The summed E-state index contributed by atoms with van der Waals surface area (Å²) in [5.41, 5.74) is 6.56. The van der Waals surface area contributed by atoms with Crippen molar-refractivity contribution < 1.29 is 29.6 Å². The molecule has 8 nitrogen and oxygen atoms in total. The van der Waals surface area contributed by atoms with Crippen molar-refractivity contribution in [2.75, 3.05) is 13.1 Å². The molecule has 49 heavy (non-hydrogen) atoms. The van der Waals surface area contributed by atoms with E-state index in [1.54, 1.807) is 23.1 Å². The summed E-state index contributed by atoms with van der Waals surface area (Å²) in [6.07, 6.45) is 4.31. The highest BCUT2D eigenvalue weighted by Gasteiger charge is 2.29. The van der Waals surface area contributed by atoms with Crippen molar-refractivity contribution in [2.45, 2.75) is 63.4 Å². The van der Waals surface area contributed by atoms with E-state index in [9.17, 15) is 24.9 Å². The maximum atomic E-state index is 13.4. The van der Waals surface area contributed by atoms with Crippen LogP contribution < -0.4 is 4.74 Å². The van der Waals surface area contributed by atoms with Gasteiger partial charge in [-0.05, 0) is 114 Å². The predicted octanol–water partition coefficient (Wildman–Crippen LogP) is 7.98. The smallest absolute Gasteiger partial charge is 0.335 e. The van der Waals surface area contributed by atoms with Gasteiger partial charge in [0, 0.05) is 46.3 Å². The maximum absolute atomic E-state index is 13.4. The number of carboxylic acids is 1. The zero-order valence-electron chi connectivity index (χ0n) is 27.1. The fourth-order valence-corrected chi connectivity index (χ4v) is 7.38. The quantitative estimate of drug-likeness (QED) is 0.153. The van der Waals surface area contributed by atoms with Crippen LogP contribution >= 0.6 is 11.6 Å². The second kappa shape index (κ2) is 14.1. The molecule has 2 fully saturated rings. The second-order valence-corrected chi connectivity index (χ2v) is 13.6. The highest BCUT2D eigenvalue weighted by molar-refractivity contribution is 6.30. The number of likely N-dealkylation sites (tertiary alicyclic amines) is 1. The fourth-order valence-electron chi connectivity index (χ4n) is 7.25. The number of piperidine rings is 1. The highest BCUT2D eigenvalue weighted by Crippen LogP contribution is 2.38. The van der Waals surface area contributed by atoms with Gasteiger partial charge in [-0.25, -0.2) is 4.79 Å². The molecular formula is C40H39ClN2O6. The molecule has 1 aliphatic heterocycles. The van der Waals surface area contributed by atoms with E-state index in [0.29, 0.717) is 35.3 Å². The summed E-state index contributed by atoms with van der Waals surface area (Å²) in [5.74, 6) is -0.471. The molecule has 1 aliphatic carbocycles. The van der Waals surface area contributed by atoms with Gasteiger partial charge in [0.15, 0.2) is 0 Å². The Hall–Kier alpha value is -4.63. The van der Waals surface area contributed by atoms with Crippen LogP contribution in [0.3, 0.4) is 0 Å². The summed E-state index contributed by atoms with van der Waals surface area (Å²) in [6.45, 7) is 0.659. The molecule has 1 saturated heterocycles. The number of hydrogen-bond acceptors (Lipinski definition) is 5. The van der Waals surface area contributed by atoms with Gasteiger partial charge in [0.1, 0.15) is 12.4 Å². The molecule has 2 heterocycles. The molecule has 1 amide bonds. The molecule has 0 bridgehead atoms. The van der Waals surface area contributed by atoms with Gasteiger partial charge < -0.3 is 29.5 Å². The number of carbonyl (C=O) groups excluding carboxylic acids is 1. The maximum Gasteiger partial charge on any atom is 0.335 e. The van der Waals surface area contributed by atoms with Crippen molar-refractivity contribution in [2.24, 2.45) is 0 Å². The molecule has 2 aliphatic rings. The second-order valence-electron chi connectivity index (χ2n) is 13.1. The standard InChI is InChI=1S/C40H39ClN2O6/c41-31-12-6-25(7-13-31)34-16-10-27(39(46)42-19-18-37(44)38(45)23-42)20-30(34)24-49-33-14-8-26(9-15-33)36-22-29-21-28(40(47)48)11-17-35(29)43(36)32-4-2-1-3-5-32/h6-17,20-22,32,37-38,44-45H,1-5,18-19,23-24H2,(H,47,48). The van der Waals surface area contributed by atoms with Gasteiger partial charge >= 0.3 is 5.97 Å². The van der Waals surface area contributed by atoms with Gasteiger partial charge in [-0.3, -0.25) is 4.79 Å². The number of aliphatic hydroxyl groups excluding tert-OH is 2. The third-order valence-electron chi connectivity index (χ3n) is 9.91. The van der Waals surface area contributed by atoms with Crippen LogP contribution in [0.2, 0.25) is 5.02 Å². The third kappa shape index (κ3) is 6.95. The monoisotopic (exact) mass is 678 g/mol. The van der Waals surface area contributed by atoms with E-state index in [1.807, 2.05) is 66.7 Å². The van der Waals surface area contributed by atoms with Crippen LogP contribution in [0.4, 0.5) is 0 Å². The van der Waals surface area contributed by atoms with Crippen LogP contribution in [0.25, 0.3) is 33.3 Å². The molecule has 2 unspecified atom stereocenters. The predicted molar refractivity (Wildman–Crippen MR) is 190 cm³/mol. The number of amides is 1. The topological polar surface area (TPSA) is 112 Å². The average molecular weight is 679 g/mol. The minimum Gasteiger partial charge on any atom is -0.489 e. The number of halogens is 1. The number of aromatic carboxylic acids is 1. The van der Waals surface area contributed by atoms with Crippen molar-refractivity contribution in [3.63, 3.8) is 0 Å². The first kappa shape index (κ1) is 32.9. The minimum atomic E-state index is -0.970. The number of aliphatic hydroxyl groups is 2. The summed E-state index contributed by atoms with van der Waals surface area (Å²) in [5, 5.41) is 31.2. The first-order valence-corrected chi connectivity index (χ1v) is 17.3. The number of hydrogen-bond donors (Lipinski definition) is 3. The average Bonchev–Trinajstić information content (AvgIpc) is 3.51. The Kier molecular flexibility index (Phi) is 9.45. The number of rotatable bonds is 8. The molecule has 5 aromatic rings. The highest BCUT2D eigenvalue weighted by atomic mass is 35.5. The molecule has 0 radical (unpaired) electrons. The number of β-amino-alcohol motifs (C(OH)–C–C–N with tert-alkyl or cyclic N) is 1. The van der Waals surface area contributed by atoms with Crippen LogP contribution in [0.5, 0.6) is 5.75 Å². The Bertz CT molecular complexity index is 1980. The lowest BCUT2D eigenvalue weighted by Crippen LogP contribution is -2.48. The molecule has 2 atom stereocenters. The summed E-state index contributed by atoms with van der Waals surface area (Å²) < 4.78 is 8.72. The Morgan fingerprint density at radius 3 is 2.20 bits per heavy atom. The molecule has 4 aromatic carbocycles. The normalized spacial score (nSPS) is 18.5. The molecular weight excluding hydrogens is 640 g/mol. The Labute approximate surface area is 290 Å². The van der Waals surface area contributed by atoms with Crippen molar-refractivity contribution in [3.8, 4) is 28.1 Å². The van der Waals surface area contributed by atoms with Gasteiger partial charge in [-0.2, -0.15) is 0 Å². The SMILES string of the molecule is O=C(O)c1ccc2c(c1)cc(-c1ccc(OCc3cc(C(=O)N4CCC(O)C(O)C4)ccc3-c3ccc(Cl)cc3)cc1)n2C1CCCCC1. The summed E-state index contributed by atoms with van der Waals surface area (Å²) >= 11 is 6.17. The molecule has 0 spiro atoms. The lowest BCUT2D eigenvalue weighted by atomic mass is 9.94. The molecule has 3 N–H and O–H groups in total. The van der Waals surface area contributed by atoms with Crippen molar-refractivity contribution >= 4 is 34.4 Å². The van der Waals surface area contributed by atoms with Crippen LogP contribution in [0.15, 0.2) is 91.0 Å². The van der Waals surface area contributed by atoms with Gasteiger partial charge in [0.05, 0.1) is 17.8 Å². The Balaban J connectivity index is 1.16. The third-order valence-corrected chi connectivity index (χ3v) is 10.2. The first-order chi connectivity index (χ1) is 23.7. The van der Waals surface area contributed by atoms with E-state index < -0.39 is 18.2 Å². The van der Waals surface area contributed by atoms with Crippen LogP contribution in [0, 0.1) is 0 Å². The number of benzene rings is 4. The molecule has 252 valence electrons. The molecule has 7 rings (SSSR count). The van der Waals surface area contributed by atoms with Gasteiger partial charge in [0.2, 0.25) is 0 Å². The molecule has 9 heteroatoms. The number of nitrogens with zero attached hydrogens (tertiary/aromatic N) is 2. The van der Waals surface area contributed by atoms with Gasteiger partial charge in [-0.15, -0.1) is 0 Å². The van der Waals surface area contributed by atoms with Crippen molar-refractivity contribution in [3.05, 3.63) is 113 Å². The largest absolute Gasteiger partial charge is 0.489 e. The number of fused-ring (bicyclic) bond motifs is 1. The zero-order chi connectivity index (χ0) is 34.1. The lowest BCUT2D eigenvalue weighted by molar-refractivity contribution is -0.0321. The fraction of sp³-hybridized carbons (Fsp3) is 0.300. The number of carbonyl (C=O) groups is 2. The Morgan fingerprint density at radius 1 is 0.776 bits per heavy atom. The molecule has 1 saturated carbocycles. The number of carboxylic acid groups (broad SMARTS) is 1. The van der Waals surface area contributed by atoms with Crippen LogP contribution in [0.1, 0.15) is 70.8 Å². The van der Waals surface area contributed by atoms with Gasteiger partial charge in [0.25, 0.3) is 5.91 Å².